The van der Waals surface area contributed by atoms with Crippen LogP contribution in [0.2, 0.25) is 0 Å². The molecule has 1 aromatic carbocycles. The highest BCUT2D eigenvalue weighted by atomic mass is 32.2. The number of thioether (sulfide) groups is 1. The van der Waals surface area contributed by atoms with E-state index in [1.807, 2.05) is 24.5 Å². The summed E-state index contributed by atoms with van der Waals surface area (Å²) in [4.78, 5) is 13.6. The number of hydrogen-bond donors (Lipinski definition) is 2. The van der Waals surface area contributed by atoms with Gasteiger partial charge in [-0.15, -0.1) is 11.8 Å². The van der Waals surface area contributed by atoms with Crippen molar-refractivity contribution >= 4 is 33.2 Å². The van der Waals surface area contributed by atoms with Gasteiger partial charge in [-0.05, 0) is 50.4 Å². The van der Waals surface area contributed by atoms with E-state index >= 15 is 0 Å². The number of rotatable bonds is 4. The van der Waals surface area contributed by atoms with E-state index in [2.05, 4.69) is 10.6 Å². The van der Waals surface area contributed by atoms with Crippen LogP contribution in [-0.2, 0) is 14.6 Å². The van der Waals surface area contributed by atoms with Crippen LogP contribution >= 0.6 is 11.8 Å². The molecule has 1 aromatic rings. The van der Waals surface area contributed by atoms with Crippen LogP contribution in [0.5, 0.6) is 0 Å². The molecular formula is C14H20N2O3S2. The second-order valence-corrected chi connectivity index (χ2v) is 8.41. The molecule has 0 bridgehead atoms. The van der Waals surface area contributed by atoms with E-state index in [4.69, 9.17) is 0 Å². The van der Waals surface area contributed by atoms with Crippen molar-refractivity contribution < 1.29 is 13.2 Å². The Bertz CT molecular complexity index is 623. The van der Waals surface area contributed by atoms with Gasteiger partial charge in [0.15, 0.2) is 14.6 Å². The summed E-state index contributed by atoms with van der Waals surface area (Å²) in [6, 6.07) is 7.41. The van der Waals surface area contributed by atoms with Crippen molar-refractivity contribution in [2.45, 2.75) is 22.5 Å². The van der Waals surface area contributed by atoms with E-state index in [9.17, 15) is 13.2 Å². The lowest BCUT2D eigenvalue weighted by atomic mass is 9.95. The summed E-state index contributed by atoms with van der Waals surface area (Å²) in [6.45, 7) is 1.07. The first-order chi connectivity index (χ1) is 9.89. The molecule has 1 amide bonds. The highest BCUT2D eigenvalue weighted by Crippen LogP contribution is 2.30. The number of sulfone groups is 1. The Morgan fingerprint density at radius 2 is 2.00 bits per heavy atom. The molecule has 2 rings (SSSR count). The van der Waals surface area contributed by atoms with Crippen LogP contribution in [0, 0.1) is 0 Å². The predicted octanol–water partition coefficient (Wildman–Crippen LogP) is 1.51. The van der Waals surface area contributed by atoms with Crippen LogP contribution in [0.15, 0.2) is 29.2 Å². The smallest absolute Gasteiger partial charge is 0.245 e. The molecule has 0 spiro atoms. The molecule has 1 aliphatic heterocycles. The Morgan fingerprint density at radius 3 is 2.57 bits per heavy atom. The molecule has 1 aliphatic rings. The van der Waals surface area contributed by atoms with Gasteiger partial charge in [-0.1, -0.05) is 6.07 Å². The summed E-state index contributed by atoms with van der Waals surface area (Å²) >= 11 is 1.57. The van der Waals surface area contributed by atoms with E-state index < -0.39 is 20.5 Å². The van der Waals surface area contributed by atoms with Gasteiger partial charge in [-0.25, -0.2) is 8.42 Å². The van der Waals surface area contributed by atoms with Gasteiger partial charge in [0.25, 0.3) is 0 Å². The maximum Gasteiger partial charge on any atom is 0.245 e. The quantitative estimate of drug-likeness (QED) is 0.820. The van der Waals surface area contributed by atoms with Crippen LogP contribution in [0.1, 0.15) is 12.8 Å². The van der Waals surface area contributed by atoms with E-state index in [1.54, 1.807) is 17.8 Å². The van der Waals surface area contributed by atoms with Crippen LogP contribution in [-0.4, -0.2) is 44.7 Å². The number of benzene rings is 1. The molecule has 116 valence electrons. The van der Waals surface area contributed by atoms with Gasteiger partial charge in [0, 0.05) is 16.8 Å². The molecule has 1 saturated heterocycles. The third-order valence-electron chi connectivity index (χ3n) is 3.86. The summed E-state index contributed by atoms with van der Waals surface area (Å²) in [5, 5.41) is 5.88. The highest BCUT2D eigenvalue weighted by molar-refractivity contribution is 7.98. The van der Waals surface area contributed by atoms with Crippen LogP contribution < -0.4 is 10.6 Å². The zero-order valence-corrected chi connectivity index (χ0v) is 13.8. The van der Waals surface area contributed by atoms with Gasteiger partial charge in [0.2, 0.25) is 5.91 Å². The minimum atomic E-state index is -3.48. The van der Waals surface area contributed by atoms with Gasteiger partial charge in [0.1, 0.15) is 0 Å². The van der Waals surface area contributed by atoms with Crippen molar-refractivity contribution in [2.24, 2.45) is 0 Å². The van der Waals surface area contributed by atoms with E-state index in [0.29, 0.717) is 31.6 Å². The predicted molar refractivity (Wildman–Crippen MR) is 86.5 cm³/mol. The normalized spacial score (nSPS) is 18.2. The first-order valence-electron chi connectivity index (χ1n) is 6.75. The molecule has 2 N–H and O–H groups in total. The topological polar surface area (TPSA) is 75.3 Å². The maximum atomic E-state index is 12.6. The van der Waals surface area contributed by atoms with Gasteiger partial charge in [-0.2, -0.15) is 0 Å². The fourth-order valence-corrected chi connectivity index (χ4v) is 4.34. The largest absolute Gasteiger partial charge is 0.325 e. The minimum Gasteiger partial charge on any atom is -0.325 e. The molecular weight excluding hydrogens is 308 g/mol. The Labute approximate surface area is 129 Å². The highest BCUT2D eigenvalue weighted by Gasteiger charge is 2.48. The van der Waals surface area contributed by atoms with E-state index in [0.717, 1.165) is 11.2 Å². The third-order valence-corrected chi connectivity index (χ3v) is 6.60. The summed E-state index contributed by atoms with van der Waals surface area (Å²) in [7, 11) is -3.48. The Balaban J connectivity index is 2.27. The summed E-state index contributed by atoms with van der Waals surface area (Å²) < 4.78 is 23.0. The lowest BCUT2D eigenvalue weighted by Gasteiger charge is -2.34. The number of hydrogen-bond acceptors (Lipinski definition) is 5. The van der Waals surface area contributed by atoms with Crippen molar-refractivity contribution in [3.8, 4) is 0 Å². The first kappa shape index (κ1) is 16.3. The number of anilines is 1. The maximum absolute atomic E-state index is 12.6. The van der Waals surface area contributed by atoms with Crippen LogP contribution in [0.4, 0.5) is 5.69 Å². The van der Waals surface area contributed by atoms with Crippen molar-refractivity contribution in [3.63, 3.8) is 0 Å². The molecule has 0 radical (unpaired) electrons. The summed E-state index contributed by atoms with van der Waals surface area (Å²) in [5.74, 6) is -0.426. The van der Waals surface area contributed by atoms with Gasteiger partial charge in [-0.3, -0.25) is 4.79 Å². The first-order valence-corrected chi connectivity index (χ1v) is 9.86. The molecule has 0 unspecified atom stereocenters. The zero-order valence-electron chi connectivity index (χ0n) is 12.2. The molecule has 1 heterocycles. The Kier molecular flexibility index (Phi) is 4.95. The van der Waals surface area contributed by atoms with Crippen molar-refractivity contribution in [1.82, 2.24) is 5.32 Å². The molecule has 21 heavy (non-hydrogen) atoms. The minimum absolute atomic E-state index is 0.305. The van der Waals surface area contributed by atoms with E-state index in [1.165, 1.54) is 0 Å². The molecule has 7 heteroatoms. The van der Waals surface area contributed by atoms with Gasteiger partial charge >= 0.3 is 0 Å². The fraction of sp³-hybridized carbons (Fsp3) is 0.500. The lowest BCUT2D eigenvalue weighted by Crippen LogP contribution is -2.55. The number of carbonyl (C=O) groups is 1. The molecule has 0 aromatic heterocycles. The third kappa shape index (κ3) is 3.41. The summed E-state index contributed by atoms with van der Waals surface area (Å²) in [5.41, 5.74) is 0.633. The monoisotopic (exact) mass is 328 g/mol. The zero-order chi connectivity index (χ0) is 15.5. The SMILES string of the molecule is CSc1cccc(NC(=O)C2(S(C)(=O)=O)CCNCC2)c1. The number of amides is 1. The van der Waals surface area contributed by atoms with E-state index in [-0.39, 0.29) is 0 Å². The van der Waals surface area contributed by atoms with Crippen molar-refractivity contribution in [1.29, 1.82) is 0 Å². The number of piperidine rings is 1. The summed E-state index contributed by atoms with van der Waals surface area (Å²) in [6.07, 6.45) is 3.71. The van der Waals surface area contributed by atoms with Crippen LogP contribution in [0.25, 0.3) is 0 Å². The molecule has 0 atom stereocenters. The Morgan fingerprint density at radius 1 is 1.33 bits per heavy atom. The molecule has 5 nitrogen and oxygen atoms in total. The second-order valence-electron chi connectivity index (χ2n) is 5.20. The van der Waals surface area contributed by atoms with Gasteiger partial charge in [0.05, 0.1) is 0 Å². The fourth-order valence-electron chi connectivity index (χ4n) is 2.54. The standard InChI is InChI=1S/C14H20N2O3S2/c1-20-12-5-3-4-11(10-12)16-13(17)14(21(2,18)19)6-8-15-9-7-14/h3-5,10,15H,6-9H2,1-2H3,(H,16,17). The average Bonchev–Trinajstić information content (AvgIpc) is 2.47. The number of carbonyl (C=O) groups excluding carboxylic acids is 1. The molecule has 0 saturated carbocycles. The van der Waals surface area contributed by atoms with Crippen molar-refractivity contribution in [2.75, 3.05) is 30.9 Å². The average molecular weight is 328 g/mol. The lowest BCUT2D eigenvalue weighted by molar-refractivity contribution is -0.119. The van der Waals surface area contributed by atoms with Crippen molar-refractivity contribution in [3.05, 3.63) is 24.3 Å². The van der Waals surface area contributed by atoms with Crippen LogP contribution in [0.3, 0.4) is 0 Å². The molecule has 0 aliphatic carbocycles. The molecule has 1 fully saturated rings. The second kappa shape index (κ2) is 6.37. The number of nitrogens with one attached hydrogen (secondary N) is 2. The Hall–Kier alpha value is -1.05. The van der Waals surface area contributed by atoms with Gasteiger partial charge < -0.3 is 10.6 Å².